The molecule has 0 unspecified atom stereocenters. The summed E-state index contributed by atoms with van der Waals surface area (Å²) in [4.78, 5) is 24.8. The zero-order chi connectivity index (χ0) is 20.4. The topological polar surface area (TPSA) is 71.3 Å². The number of benzene rings is 2. The zero-order valence-electron chi connectivity index (χ0n) is 16.0. The van der Waals surface area contributed by atoms with Gasteiger partial charge in [0.2, 0.25) is 0 Å². The van der Waals surface area contributed by atoms with E-state index in [1.807, 2.05) is 36.4 Å². The van der Waals surface area contributed by atoms with Crippen molar-refractivity contribution in [1.29, 1.82) is 0 Å². The predicted octanol–water partition coefficient (Wildman–Crippen LogP) is 5.62. The van der Waals surface area contributed by atoms with E-state index in [-0.39, 0.29) is 17.5 Å². The van der Waals surface area contributed by atoms with Crippen LogP contribution in [0.4, 0.5) is 11.4 Å². The van der Waals surface area contributed by atoms with E-state index in [0.717, 1.165) is 17.7 Å². The van der Waals surface area contributed by atoms with E-state index in [9.17, 15) is 9.59 Å². The predicted molar refractivity (Wildman–Crippen MR) is 114 cm³/mol. The summed E-state index contributed by atoms with van der Waals surface area (Å²) in [6.07, 6.45) is 1.94. The normalized spacial score (nSPS) is 13.1. The van der Waals surface area contributed by atoms with Crippen LogP contribution in [0.2, 0.25) is 5.02 Å². The van der Waals surface area contributed by atoms with E-state index in [1.165, 1.54) is 0 Å². The fourth-order valence-corrected chi connectivity index (χ4v) is 3.83. The van der Waals surface area contributed by atoms with Crippen LogP contribution in [-0.4, -0.2) is 11.7 Å². The number of anilines is 2. The number of ketones is 1. The van der Waals surface area contributed by atoms with Gasteiger partial charge in [-0.1, -0.05) is 41.9 Å². The molecule has 6 heteroatoms. The van der Waals surface area contributed by atoms with Gasteiger partial charge in [0, 0.05) is 30.6 Å². The number of nitrogens with one attached hydrogen (secondary N) is 2. The summed E-state index contributed by atoms with van der Waals surface area (Å²) >= 11 is 6.38. The summed E-state index contributed by atoms with van der Waals surface area (Å²) in [7, 11) is 0. The number of carbonyl (C=O) groups excluding carboxylic acids is 2. The molecule has 2 N–H and O–H groups in total. The molecule has 1 heterocycles. The van der Waals surface area contributed by atoms with E-state index in [4.69, 9.17) is 16.0 Å². The molecule has 1 aliphatic rings. The second kappa shape index (κ2) is 8.13. The molecule has 0 bridgehead atoms. The number of furan rings is 1. The van der Waals surface area contributed by atoms with E-state index in [2.05, 4.69) is 10.6 Å². The average molecular weight is 409 g/mol. The van der Waals surface area contributed by atoms with Crippen molar-refractivity contribution < 1.29 is 14.0 Å². The Morgan fingerprint density at radius 3 is 2.66 bits per heavy atom. The van der Waals surface area contributed by atoms with Crippen LogP contribution in [0.25, 0.3) is 0 Å². The highest BCUT2D eigenvalue weighted by Crippen LogP contribution is 2.31. The Bertz CT molecular complexity index is 1070. The maximum Gasteiger partial charge on any atom is 0.291 e. The van der Waals surface area contributed by atoms with Crippen LogP contribution in [-0.2, 0) is 13.0 Å². The number of hydrogen-bond donors (Lipinski definition) is 2. The molecule has 0 fully saturated rings. The van der Waals surface area contributed by atoms with Gasteiger partial charge in [-0.2, -0.15) is 0 Å². The van der Waals surface area contributed by atoms with E-state index in [1.54, 1.807) is 19.1 Å². The minimum Gasteiger partial charge on any atom is -0.455 e. The monoisotopic (exact) mass is 408 g/mol. The van der Waals surface area contributed by atoms with Crippen molar-refractivity contribution in [2.24, 2.45) is 0 Å². The smallest absolute Gasteiger partial charge is 0.291 e. The molecule has 0 aliphatic heterocycles. The van der Waals surface area contributed by atoms with Crippen LogP contribution >= 0.6 is 11.6 Å². The number of hydrogen-bond acceptors (Lipinski definition) is 4. The highest BCUT2D eigenvalue weighted by Gasteiger charge is 2.28. The summed E-state index contributed by atoms with van der Waals surface area (Å²) in [5.41, 5.74) is 3.66. The molecular formula is C23H21ClN2O3. The van der Waals surface area contributed by atoms with E-state index >= 15 is 0 Å². The van der Waals surface area contributed by atoms with Crippen molar-refractivity contribution in [2.75, 3.05) is 10.6 Å². The molecular weight excluding hydrogens is 388 g/mol. The first-order valence-electron chi connectivity index (χ1n) is 9.57. The Morgan fingerprint density at radius 1 is 1.14 bits per heavy atom. The number of Topliss-reactive ketones (excluding diaryl/α,β-unsaturated/α-hetero) is 1. The third-order valence-corrected chi connectivity index (χ3v) is 5.38. The molecule has 0 saturated carbocycles. The van der Waals surface area contributed by atoms with Crippen molar-refractivity contribution in [1.82, 2.24) is 0 Å². The highest BCUT2D eigenvalue weighted by atomic mass is 35.5. The zero-order valence-corrected chi connectivity index (χ0v) is 16.8. The first kappa shape index (κ1) is 19.3. The van der Waals surface area contributed by atoms with Gasteiger partial charge < -0.3 is 15.1 Å². The van der Waals surface area contributed by atoms with Crippen LogP contribution < -0.4 is 10.6 Å². The summed E-state index contributed by atoms with van der Waals surface area (Å²) in [5, 5.41) is 6.60. The van der Waals surface area contributed by atoms with Crippen LogP contribution in [0.15, 0.2) is 52.9 Å². The standard InChI is InChI=1S/C23H21ClN2O3/c1-14-21-19(27)8-5-9-20(21)29-22(14)23(28)26-16-10-11-18(17(24)12-16)25-13-15-6-3-2-4-7-15/h2-4,6-7,10-12,25H,5,8-9,13H2,1H3,(H,26,28). The lowest BCUT2D eigenvalue weighted by molar-refractivity contribution is 0.0963. The van der Waals surface area contributed by atoms with Crippen molar-refractivity contribution >= 4 is 34.7 Å². The van der Waals surface area contributed by atoms with Gasteiger partial charge in [0.25, 0.3) is 5.91 Å². The minimum atomic E-state index is -0.384. The van der Waals surface area contributed by atoms with E-state index < -0.39 is 0 Å². The second-order valence-electron chi connectivity index (χ2n) is 7.12. The Hall–Kier alpha value is -3.05. The lowest BCUT2D eigenvalue weighted by atomic mass is 9.94. The number of rotatable bonds is 5. The van der Waals surface area contributed by atoms with Crippen molar-refractivity contribution in [3.8, 4) is 0 Å². The Kier molecular flexibility index (Phi) is 5.41. The van der Waals surface area contributed by atoms with Gasteiger partial charge in [-0.3, -0.25) is 9.59 Å². The molecule has 1 amide bonds. The lowest BCUT2D eigenvalue weighted by Gasteiger charge is -2.11. The molecule has 29 heavy (non-hydrogen) atoms. The quantitative estimate of drug-likeness (QED) is 0.574. The molecule has 2 aromatic carbocycles. The SMILES string of the molecule is Cc1c(C(=O)Nc2ccc(NCc3ccccc3)c(Cl)c2)oc2c1C(=O)CCC2. The molecule has 5 nitrogen and oxygen atoms in total. The van der Waals surface area contributed by atoms with Crippen molar-refractivity contribution in [3.05, 3.63) is 81.8 Å². The summed E-state index contributed by atoms with van der Waals surface area (Å²) in [6.45, 7) is 2.40. The van der Waals surface area contributed by atoms with Crippen LogP contribution in [0.1, 0.15) is 50.6 Å². The molecule has 0 spiro atoms. The van der Waals surface area contributed by atoms with Gasteiger partial charge in [-0.05, 0) is 37.1 Å². The van der Waals surface area contributed by atoms with Gasteiger partial charge in [-0.15, -0.1) is 0 Å². The Labute approximate surface area is 174 Å². The molecule has 3 aromatic rings. The fourth-order valence-electron chi connectivity index (χ4n) is 3.58. The first-order valence-corrected chi connectivity index (χ1v) is 9.95. The third kappa shape index (κ3) is 4.05. The van der Waals surface area contributed by atoms with Crippen LogP contribution in [0, 0.1) is 6.92 Å². The van der Waals surface area contributed by atoms with Gasteiger partial charge >= 0.3 is 0 Å². The van der Waals surface area contributed by atoms with Gasteiger partial charge in [-0.25, -0.2) is 0 Å². The second-order valence-corrected chi connectivity index (χ2v) is 7.53. The summed E-state index contributed by atoms with van der Waals surface area (Å²) in [6, 6.07) is 15.3. The highest BCUT2D eigenvalue weighted by molar-refractivity contribution is 6.33. The molecule has 148 valence electrons. The lowest BCUT2D eigenvalue weighted by Crippen LogP contribution is -2.13. The number of amides is 1. The summed E-state index contributed by atoms with van der Waals surface area (Å²) < 4.78 is 5.70. The number of aryl methyl sites for hydroxylation is 1. The van der Waals surface area contributed by atoms with Gasteiger partial charge in [0.15, 0.2) is 11.5 Å². The maximum atomic E-state index is 12.7. The minimum absolute atomic E-state index is 0.0448. The Balaban J connectivity index is 1.46. The van der Waals surface area contributed by atoms with Crippen LogP contribution in [0.3, 0.4) is 0 Å². The number of halogens is 1. The molecule has 0 saturated heterocycles. The van der Waals surface area contributed by atoms with Crippen LogP contribution in [0.5, 0.6) is 0 Å². The van der Waals surface area contributed by atoms with Crippen molar-refractivity contribution in [3.63, 3.8) is 0 Å². The maximum absolute atomic E-state index is 12.7. The largest absolute Gasteiger partial charge is 0.455 e. The molecule has 4 rings (SSSR count). The molecule has 1 aromatic heterocycles. The van der Waals surface area contributed by atoms with E-state index in [0.29, 0.717) is 47.0 Å². The van der Waals surface area contributed by atoms with Gasteiger partial charge in [0.05, 0.1) is 16.3 Å². The molecule has 0 radical (unpaired) electrons. The number of carbonyl (C=O) groups is 2. The summed E-state index contributed by atoms with van der Waals surface area (Å²) in [5.74, 6) is 0.462. The fraction of sp³-hybridized carbons (Fsp3) is 0.217. The molecule has 1 aliphatic carbocycles. The Morgan fingerprint density at radius 2 is 1.93 bits per heavy atom. The number of fused-ring (bicyclic) bond motifs is 1. The van der Waals surface area contributed by atoms with Crippen molar-refractivity contribution in [2.45, 2.75) is 32.7 Å². The molecule has 0 atom stereocenters. The van der Waals surface area contributed by atoms with Gasteiger partial charge in [0.1, 0.15) is 5.76 Å². The third-order valence-electron chi connectivity index (χ3n) is 5.07. The first-order chi connectivity index (χ1) is 14.0. The average Bonchev–Trinajstić information content (AvgIpc) is 3.06.